The van der Waals surface area contributed by atoms with Crippen molar-refractivity contribution in [3.63, 3.8) is 0 Å². The van der Waals surface area contributed by atoms with E-state index in [1.165, 1.54) is 4.88 Å². The van der Waals surface area contributed by atoms with E-state index in [0.717, 1.165) is 20.7 Å². The first-order valence-corrected chi connectivity index (χ1v) is 6.80. The molecule has 0 saturated heterocycles. The van der Waals surface area contributed by atoms with Crippen LogP contribution in [-0.4, -0.2) is 12.2 Å². The molecule has 4 heteroatoms. The van der Waals surface area contributed by atoms with Crippen LogP contribution in [0.1, 0.15) is 21.4 Å². The number of hydrogen-bond donors (Lipinski definition) is 1. The van der Waals surface area contributed by atoms with E-state index >= 15 is 0 Å². The molecule has 1 unspecified atom stereocenters. The Labute approximate surface area is 113 Å². The van der Waals surface area contributed by atoms with E-state index in [-0.39, 0.29) is 0 Å². The summed E-state index contributed by atoms with van der Waals surface area (Å²) in [6.07, 6.45) is -0.573. The van der Waals surface area contributed by atoms with Gasteiger partial charge < -0.3 is 9.84 Å². The minimum Gasteiger partial charge on any atom is -0.497 e. The number of methoxy groups -OCH3 is 1. The fraction of sp³-hybridized carbons (Fsp3) is 0.231. The number of benzene rings is 1. The summed E-state index contributed by atoms with van der Waals surface area (Å²) >= 11 is 5.06. The molecule has 0 aliphatic carbocycles. The number of rotatable bonds is 3. The third-order valence-corrected chi connectivity index (χ3v) is 4.77. The van der Waals surface area contributed by atoms with Gasteiger partial charge in [-0.15, -0.1) is 11.3 Å². The van der Waals surface area contributed by atoms with E-state index in [0.29, 0.717) is 0 Å². The molecule has 0 amide bonds. The Balaban J connectivity index is 2.26. The lowest BCUT2D eigenvalue weighted by molar-refractivity contribution is 0.224. The fourth-order valence-corrected chi connectivity index (χ4v) is 3.14. The summed E-state index contributed by atoms with van der Waals surface area (Å²) in [6, 6.07) is 9.44. The molecule has 90 valence electrons. The van der Waals surface area contributed by atoms with Gasteiger partial charge in [-0.25, -0.2) is 0 Å². The van der Waals surface area contributed by atoms with E-state index in [1.807, 2.05) is 37.3 Å². The highest BCUT2D eigenvalue weighted by Crippen LogP contribution is 2.33. The molecule has 0 radical (unpaired) electrons. The molecular weight excluding hydrogens is 300 g/mol. The number of ether oxygens (including phenoxy) is 1. The Hall–Kier alpha value is -0.840. The van der Waals surface area contributed by atoms with Crippen molar-refractivity contribution in [3.8, 4) is 5.75 Å². The molecule has 1 aromatic heterocycles. The highest BCUT2D eigenvalue weighted by atomic mass is 79.9. The molecule has 1 atom stereocenters. The second-order valence-corrected chi connectivity index (χ2v) is 5.87. The number of aliphatic hydroxyl groups is 1. The molecule has 1 N–H and O–H groups in total. The highest BCUT2D eigenvalue weighted by molar-refractivity contribution is 9.10. The molecule has 0 fully saturated rings. The molecule has 2 aromatic rings. The van der Waals surface area contributed by atoms with Crippen LogP contribution in [0.25, 0.3) is 0 Å². The van der Waals surface area contributed by atoms with Crippen LogP contribution in [0.3, 0.4) is 0 Å². The Morgan fingerprint density at radius 2 is 1.94 bits per heavy atom. The first-order valence-electron chi connectivity index (χ1n) is 5.19. The number of aliphatic hydroxyl groups excluding tert-OH is 1. The normalized spacial score (nSPS) is 12.5. The highest BCUT2D eigenvalue weighted by Gasteiger charge is 2.14. The molecule has 1 aromatic carbocycles. The zero-order chi connectivity index (χ0) is 12.4. The number of aryl methyl sites for hydroxylation is 1. The third kappa shape index (κ3) is 2.70. The summed E-state index contributed by atoms with van der Waals surface area (Å²) in [6.45, 7) is 2.03. The average Bonchev–Trinajstić information content (AvgIpc) is 2.69. The number of hydrogen-bond acceptors (Lipinski definition) is 3. The van der Waals surface area contributed by atoms with Gasteiger partial charge in [0.15, 0.2) is 0 Å². The van der Waals surface area contributed by atoms with Crippen molar-refractivity contribution in [1.82, 2.24) is 0 Å². The van der Waals surface area contributed by atoms with E-state index in [2.05, 4.69) is 15.9 Å². The monoisotopic (exact) mass is 312 g/mol. The van der Waals surface area contributed by atoms with Gasteiger partial charge in [0.1, 0.15) is 11.9 Å². The van der Waals surface area contributed by atoms with Gasteiger partial charge in [-0.2, -0.15) is 0 Å². The molecule has 0 bridgehead atoms. The minimum atomic E-state index is -0.573. The van der Waals surface area contributed by atoms with Crippen molar-refractivity contribution in [2.24, 2.45) is 0 Å². The predicted octanol–water partition coefficient (Wildman–Crippen LogP) is 3.91. The van der Waals surface area contributed by atoms with Crippen LogP contribution in [0.15, 0.2) is 34.8 Å². The van der Waals surface area contributed by atoms with Crippen molar-refractivity contribution in [2.75, 3.05) is 7.11 Å². The van der Waals surface area contributed by atoms with Crippen molar-refractivity contribution in [3.05, 3.63) is 50.1 Å². The molecule has 2 rings (SSSR count). The van der Waals surface area contributed by atoms with Gasteiger partial charge in [0.25, 0.3) is 0 Å². The van der Waals surface area contributed by atoms with Crippen molar-refractivity contribution in [1.29, 1.82) is 0 Å². The smallest absolute Gasteiger partial charge is 0.118 e. The molecule has 0 saturated carbocycles. The van der Waals surface area contributed by atoms with Crippen molar-refractivity contribution in [2.45, 2.75) is 13.0 Å². The summed E-state index contributed by atoms with van der Waals surface area (Å²) in [4.78, 5) is 2.12. The maximum Gasteiger partial charge on any atom is 0.118 e. The van der Waals surface area contributed by atoms with Crippen LogP contribution in [0, 0.1) is 6.92 Å². The van der Waals surface area contributed by atoms with Gasteiger partial charge in [0.05, 0.1) is 7.11 Å². The molecule has 0 aliphatic rings. The summed E-state index contributed by atoms with van der Waals surface area (Å²) in [5, 5.41) is 10.2. The van der Waals surface area contributed by atoms with Gasteiger partial charge in [-0.05, 0) is 46.6 Å². The van der Waals surface area contributed by atoms with Crippen LogP contribution in [0.5, 0.6) is 5.75 Å². The van der Waals surface area contributed by atoms with Crippen LogP contribution >= 0.6 is 27.3 Å². The van der Waals surface area contributed by atoms with Gasteiger partial charge in [-0.1, -0.05) is 12.1 Å². The molecule has 1 heterocycles. The number of thiophene rings is 1. The third-order valence-electron chi connectivity index (χ3n) is 2.58. The first kappa shape index (κ1) is 12.6. The summed E-state index contributed by atoms with van der Waals surface area (Å²) < 4.78 is 6.14. The lowest BCUT2D eigenvalue weighted by atomic mass is 10.1. The Morgan fingerprint density at radius 3 is 2.41 bits per heavy atom. The van der Waals surface area contributed by atoms with E-state index in [4.69, 9.17) is 4.74 Å². The van der Waals surface area contributed by atoms with Crippen LogP contribution in [-0.2, 0) is 0 Å². The lowest BCUT2D eigenvalue weighted by Gasteiger charge is -2.09. The fourth-order valence-electron chi connectivity index (χ4n) is 1.57. The summed E-state index contributed by atoms with van der Waals surface area (Å²) in [7, 11) is 1.63. The first-order chi connectivity index (χ1) is 8.11. The molecule has 2 nitrogen and oxygen atoms in total. The van der Waals surface area contributed by atoms with E-state index in [1.54, 1.807) is 18.4 Å². The van der Waals surface area contributed by atoms with E-state index in [9.17, 15) is 5.11 Å². The minimum absolute atomic E-state index is 0.573. The Kier molecular flexibility index (Phi) is 3.86. The molecule has 0 aliphatic heterocycles. The van der Waals surface area contributed by atoms with Gasteiger partial charge in [0, 0.05) is 14.2 Å². The maximum absolute atomic E-state index is 10.2. The van der Waals surface area contributed by atoms with Crippen LogP contribution in [0.4, 0.5) is 0 Å². The number of halogens is 1. The quantitative estimate of drug-likeness (QED) is 0.931. The zero-order valence-electron chi connectivity index (χ0n) is 9.61. The second-order valence-electron chi connectivity index (χ2n) is 3.73. The van der Waals surface area contributed by atoms with Crippen molar-refractivity contribution < 1.29 is 9.84 Å². The van der Waals surface area contributed by atoms with Gasteiger partial charge >= 0.3 is 0 Å². The molecular formula is C13H13BrO2S. The lowest BCUT2D eigenvalue weighted by Crippen LogP contribution is -1.96. The summed E-state index contributed by atoms with van der Waals surface area (Å²) in [5.74, 6) is 0.796. The maximum atomic E-state index is 10.2. The van der Waals surface area contributed by atoms with E-state index < -0.39 is 6.10 Å². The Morgan fingerprint density at radius 1 is 1.29 bits per heavy atom. The van der Waals surface area contributed by atoms with Crippen LogP contribution in [0.2, 0.25) is 0 Å². The molecule has 17 heavy (non-hydrogen) atoms. The topological polar surface area (TPSA) is 29.5 Å². The largest absolute Gasteiger partial charge is 0.497 e. The standard InChI is InChI=1S/C13H13BrO2S/c1-8-11(14)7-12(17-8)13(15)9-3-5-10(16-2)6-4-9/h3-7,13,15H,1-2H3. The second kappa shape index (κ2) is 5.21. The van der Waals surface area contributed by atoms with Crippen molar-refractivity contribution >= 4 is 27.3 Å². The average molecular weight is 313 g/mol. The Bertz CT molecular complexity index is 485. The van der Waals surface area contributed by atoms with Gasteiger partial charge in [0.2, 0.25) is 0 Å². The SMILES string of the molecule is COc1ccc(C(O)c2cc(Br)c(C)s2)cc1. The van der Waals surface area contributed by atoms with Crippen LogP contribution < -0.4 is 4.74 Å². The summed E-state index contributed by atoms with van der Waals surface area (Å²) in [5.41, 5.74) is 0.875. The zero-order valence-corrected chi connectivity index (χ0v) is 12.0. The molecule has 0 spiro atoms. The van der Waals surface area contributed by atoms with Gasteiger partial charge in [-0.3, -0.25) is 0 Å². The predicted molar refractivity (Wildman–Crippen MR) is 73.8 cm³/mol.